The Kier molecular flexibility index (Phi) is 7.42. The van der Waals surface area contributed by atoms with Crippen LogP contribution in [0.25, 0.3) is 5.69 Å². The molecule has 0 aliphatic heterocycles. The Morgan fingerprint density at radius 3 is 2.69 bits per heavy atom. The van der Waals surface area contributed by atoms with Gasteiger partial charge in [-0.05, 0) is 55.0 Å². The number of nitrogens with zero attached hydrogens (tertiary/aromatic N) is 3. The van der Waals surface area contributed by atoms with Crippen LogP contribution >= 0.6 is 0 Å². The van der Waals surface area contributed by atoms with Crippen molar-refractivity contribution in [1.82, 2.24) is 20.1 Å². The molecule has 7 nitrogen and oxygen atoms in total. The summed E-state index contributed by atoms with van der Waals surface area (Å²) in [6, 6.07) is 10.9. The number of aliphatic hydroxyl groups is 1. The molecule has 1 saturated carbocycles. The molecule has 0 saturated heterocycles. The van der Waals surface area contributed by atoms with Crippen molar-refractivity contribution in [2.75, 3.05) is 0 Å². The van der Waals surface area contributed by atoms with Gasteiger partial charge in [0, 0.05) is 42.2 Å². The van der Waals surface area contributed by atoms with Gasteiger partial charge in [-0.3, -0.25) is 9.78 Å². The van der Waals surface area contributed by atoms with Crippen LogP contribution in [0, 0.1) is 11.8 Å². The molecule has 2 aromatic heterocycles. The fourth-order valence-electron chi connectivity index (χ4n) is 4.98. The summed E-state index contributed by atoms with van der Waals surface area (Å²) in [5, 5.41) is 18.3. The zero-order valence-electron chi connectivity index (χ0n) is 21.2. The minimum Gasteiger partial charge on any atom is -0.384 e. The number of halogens is 3. The molecule has 2 aliphatic rings. The lowest BCUT2D eigenvalue weighted by atomic mass is 9.75. The summed E-state index contributed by atoms with van der Waals surface area (Å²) < 4.78 is 41.7. The Labute approximate surface area is 224 Å². The number of hydrogen-bond donors (Lipinski definition) is 3. The number of aromatic nitrogens is 3. The molecular formula is C29H30F3N5O2. The summed E-state index contributed by atoms with van der Waals surface area (Å²) in [6.07, 6.45) is 8.17. The zero-order valence-corrected chi connectivity index (χ0v) is 21.2. The molecule has 2 unspecified atom stereocenters. The second-order valence-corrected chi connectivity index (χ2v) is 10.2. The number of carbonyl (C=O) groups excluding carboxylic acids is 1. The van der Waals surface area contributed by atoms with Crippen molar-refractivity contribution in [2.45, 2.75) is 50.4 Å². The number of amides is 1. The maximum Gasteiger partial charge on any atom is 0.435 e. The molecule has 0 spiro atoms. The van der Waals surface area contributed by atoms with Crippen molar-refractivity contribution in [1.29, 1.82) is 0 Å². The van der Waals surface area contributed by atoms with E-state index in [1.807, 2.05) is 12.1 Å². The monoisotopic (exact) mass is 537 g/mol. The van der Waals surface area contributed by atoms with Crippen LogP contribution in [0.4, 0.5) is 13.2 Å². The van der Waals surface area contributed by atoms with Gasteiger partial charge in [0.2, 0.25) is 0 Å². The first-order valence-corrected chi connectivity index (χ1v) is 13.0. The van der Waals surface area contributed by atoms with Crippen LogP contribution in [-0.2, 0) is 18.3 Å². The van der Waals surface area contributed by atoms with Crippen LogP contribution < -0.4 is 11.1 Å². The van der Waals surface area contributed by atoms with Gasteiger partial charge in [-0.15, -0.1) is 0 Å². The first-order valence-electron chi connectivity index (χ1n) is 13.0. The first kappa shape index (κ1) is 26.8. The van der Waals surface area contributed by atoms with Crippen molar-refractivity contribution in [2.24, 2.45) is 17.6 Å². The van der Waals surface area contributed by atoms with E-state index in [0.717, 1.165) is 30.0 Å². The maximum atomic E-state index is 13.6. The highest BCUT2D eigenvalue weighted by atomic mass is 19.4. The van der Waals surface area contributed by atoms with Crippen molar-refractivity contribution < 1.29 is 23.1 Å². The van der Waals surface area contributed by atoms with Crippen LogP contribution in [0.5, 0.6) is 0 Å². The summed E-state index contributed by atoms with van der Waals surface area (Å²) in [6.45, 7) is 0.183. The molecule has 0 radical (unpaired) electrons. The number of benzene rings is 1. The molecular weight excluding hydrogens is 507 g/mol. The molecule has 2 aliphatic carbocycles. The average molecular weight is 538 g/mol. The molecule has 2 atom stereocenters. The number of nitrogens with two attached hydrogens (primary N) is 1. The van der Waals surface area contributed by atoms with Crippen molar-refractivity contribution >= 4 is 5.91 Å². The molecule has 204 valence electrons. The number of allylic oxidation sites excluding steroid dienone is 2. The Morgan fingerprint density at radius 2 is 2.00 bits per heavy atom. The molecule has 3 aromatic rings. The summed E-state index contributed by atoms with van der Waals surface area (Å²) in [7, 11) is 0. The van der Waals surface area contributed by atoms with Gasteiger partial charge >= 0.3 is 6.18 Å². The van der Waals surface area contributed by atoms with Gasteiger partial charge < -0.3 is 16.2 Å². The highest BCUT2D eigenvalue weighted by molar-refractivity contribution is 5.94. The third kappa shape index (κ3) is 5.97. The van der Waals surface area contributed by atoms with Gasteiger partial charge in [0.05, 0.1) is 11.3 Å². The van der Waals surface area contributed by atoms with Gasteiger partial charge in [-0.2, -0.15) is 18.3 Å². The number of pyridine rings is 1. The van der Waals surface area contributed by atoms with Crippen LogP contribution in [0.2, 0.25) is 0 Å². The summed E-state index contributed by atoms with van der Waals surface area (Å²) in [4.78, 5) is 17.5. The number of carbonyl (C=O) groups is 1. The summed E-state index contributed by atoms with van der Waals surface area (Å²) in [5.41, 5.74) is 5.10. The van der Waals surface area contributed by atoms with Crippen LogP contribution in [-0.4, -0.2) is 25.8 Å². The molecule has 1 aromatic carbocycles. The Bertz CT molecular complexity index is 1400. The smallest absolute Gasteiger partial charge is 0.384 e. The van der Waals surface area contributed by atoms with E-state index in [0.29, 0.717) is 35.6 Å². The molecule has 10 heteroatoms. The van der Waals surface area contributed by atoms with E-state index in [9.17, 15) is 23.1 Å². The molecule has 1 fully saturated rings. The van der Waals surface area contributed by atoms with E-state index in [2.05, 4.69) is 15.4 Å². The number of alkyl halides is 3. The molecule has 39 heavy (non-hydrogen) atoms. The van der Waals surface area contributed by atoms with Crippen LogP contribution in [0.1, 0.15) is 59.4 Å². The van der Waals surface area contributed by atoms with E-state index in [4.69, 9.17) is 5.73 Å². The largest absolute Gasteiger partial charge is 0.435 e. The quantitative estimate of drug-likeness (QED) is 0.356. The Morgan fingerprint density at radius 1 is 1.18 bits per heavy atom. The number of hydrogen-bond acceptors (Lipinski definition) is 5. The molecule has 5 rings (SSSR count). The zero-order chi connectivity index (χ0) is 27.6. The van der Waals surface area contributed by atoms with Crippen molar-refractivity contribution in [3.05, 3.63) is 101 Å². The third-order valence-corrected chi connectivity index (χ3v) is 7.35. The van der Waals surface area contributed by atoms with E-state index in [-0.39, 0.29) is 23.8 Å². The van der Waals surface area contributed by atoms with Crippen LogP contribution in [0.15, 0.2) is 78.8 Å². The standard InChI is InChI=1S/C29H30F3N5O2/c30-29(31,32)26-16-25(37(36-26)24-8-1-4-20(14-24)17-33)27(38)35-23-7-2-5-21(15-23)28(39,12-11-19-9-10-19)22-6-3-13-34-18-22/h1-4,6-8,13-16,18-19,21,39H,5,9-12,17,33H2,(H,35,38). The van der Waals surface area contributed by atoms with Gasteiger partial charge in [0.25, 0.3) is 5.91 Å². The van der Waals surface area contributed by atoms with Gasteiger partial charge in [0.15, 0.2) is 5.69 Å². The van der Waals surface area contributed by atoms with Gasteiger partial charge in [-0.1, -0.05) is 43.2 Å². The lowest BCUT2D eigenvalue weighted by Gasteiger charge is -2.36. The SMILES string of the molecule is NCc1cccc(-n2nc(C(F)(F)F)cc2C(=O)NC2=CC(C(O)(CCC3CC3)c3cccnc3)CC=C2)c1. The number of rotatable bonds is 9. The van der Waals surface area contributed by atoms with Crippen molar-refractivity contribution in [3.63, 3.8) is 0 Å². The predicted molar refractivity (Wildman–Crippen MR) is 139 cm³/mol. The first-order chi connectivity index (χ1) is 18.7. The van der Waals surface area contributed by atoms with Crippen molar-refractivity contribution in [3.8, 4) is 5.69 Å². The summed E-state index contributed by atoms with van der Waals surface area (Å²) >= 11 is 0. The average Bonchev–Trinajstić information content (AvgIpc) is 3.66. The van der Waals surface area contributed by atoms with E-state index >= 15 is 0 Å². The fourth-order valence-corrected chi connectivity index (χ4v) is 4.98. The van der Waals surface area contributed by atoms with Gasteiger partial charge in [0.1, 0.15) is 5.69 Å². The van der Waals surface area contributed by atoms with Gasteiger partial charge in [-0.25, -0.2) is 4.68 Å². The lowest BCUT2D eigenvalue weighted by molar-refractivity contribution is -0.141. The predicted octanol–water partition coefficient (Wildman–Crippen LogP) is 5.01. The maximum absolute atomic E-state index is 13.6. The van der Waals surface area contributed by atoms with E-state index in [1.54, 1.807) is 54.9 Å². The third-order valence-electron chi connectivity index (χ3n) is 7.35. The molecule has 1 amide bonds. The van der Waals surface area contributed by atoms with E-state index in [1.165, 1.54) is 0 Å². The molecule has 4 N–H and O–H groups in total. The van der Waals surface area contributed by atoms with E-state index < -0.39 is 23.4 Å². The Hall–Kier alpha value is -3.76. The second-order valence-electron chi connectivity index (χ2n) is 10.2. The lowest BCUT2D eigenvalue weighted by Crippen LogP contribution is -2.36. The highest BCUT2D eigenvalue weighted by Gasteiger charge is 2.40. The molecule has 2 heterocycles. The minimum absolute atomic E-state index is 0.183. The second kappa shape index (κ2) is 10.8. The highest BCUT2D eigenvalue weighted by Crippen LogP contribution is 2.43. The molecule has 0 bridgehead atoms. The number of nitrogens with one attached hydrogen (secondary N) is 1. The minimum atomic E-state index is -4.73. The summed E-state index contributed by atoms with van der Waals surface area (Å²) in [5.74, 6) is -0.510. The normalized spacial score (nSPS) is 18.9. The topological polar surface area (TPSA) is 106 Å². The fraction of sp³-hybridized carbons (Fsp3) is 0.345. The Balaban J connectivity index is 1.44. The van der Waals surface area contributed by atoms with Crippen LogP contribution in [0.3, 0.4) is 0 Å².